The standard InChI is InChI=1S/C16H20FNO2/c1-2-15-4-3-9-18(15)11-13-5-7-14(17)10-12(13)6-8-16(19)20/h5-8,10,15H,2-4,9,11H2,1H3,(H,19,20). The molecule has 0 amide bonds. The molecule has 0 saturated carbocycles. The first-order chi connectivity index (χ1) is 9.60. The maximum Gasteiger partial charge on any atom is 0.328 e. The van der Waals surface area contributed by atoms with E-state index in [2.05, 4.69) is 11.8 Å². The number of likely N-dealkylation sites (tertiary alicyclic amines) is 1. The third-order valence-corrected chi connectivity index (χ3v) is 3.86. The van der Waals surface area contributed by atoms with Gasteiger partial charge in [0.2, 0.25) is 0 Å². The van der Waals surface area contributed by atoms with Crippen LogP contribution >= 0.6 is 0 Å². The van der Waals surface area contributed by atoms with E-state index >= 15 is 0 Å². The highest BCUT2D eigenvalue weighted by molar-refractivity contribution is 5.85. The molecule has 0 radical (unpaired) electrons. The largest absolute Gasteiger partial charge is 0.478 e. The van der Waals surface area contributed by atoms with Crippen LogP contribution < -0.4 is 0 Å². The van der Waals surface area contributed by atoms with Gasteiger partial charge < -0.3 is 5.11 Å². The highest BCUT2D eigenvalue weighted by Gasteiger charge is 2.23. The van der Waals surface area contributed by atoms with E-state index in [1.807, 2.05) is 0 Å². The molecule has 0 spiro atoms. The highest BCUT2D eigenvalue weighted by atomic mass is 19.1. The molecule has 1 heterocycles. The summed E-state index contributed by atoms with van der Waals surface area (Å²) in [5.74, 6) is -1.36. The van der Waals surface area contributed by atoms with Crippen molar-refractivity contribution in [2.24, 2.45) is 0 Å². The Morgan fingerprint density at radius 1 is 1.55 bits per heavy atom. The van der Waals surface area contributed by atoms with Crippen molar-refractivity contribution in [3.63, 3.8) is 0 Å². The normalized spacial score (nSPS) is 19.8. The van der Waals surface area contributed by atoms with Crippen molar-refractivity contribution in [2.45, 2.75) is 38.8 Å². The minimum Gasteiger partial charge on any atom is -0.478 e. The number of carboxylic acids is 1. The van der Waals surface area contributed by atoms with Gasteiger partial charge in [-0.15, -0.1) is 0 Å². The Morgan fingerprint density at radius 2 is 2.35 bits per heavy atom. The lowest BCUT2D eigenvalue weighted by molar-refractivity contribution is -0.131. The molecule has 1 N–H and O–H groups in total. The van der Waals surface area contributed by atoms with Crippen LogP contribution in [0.2, 0.25) is 0 Å². The maximum atomic E-state index is 13.3. The van der Waals surface area contributed by atoms with Gasteiger partial charge in [-0.1, -0.05) is 13.0 Å². The topological polar surface area (TPSA) is 40.5 Å². The fourth-order valence-electron chi connectivity index (χ4n) is 2.81. The molecule has 20 heavy (non-hydrogen) atoms. The zero-order valence-electron chi connectivity index (χ0n) is 11.7. The van der Waals surface area contributed by atoms with Crippen LogP contribution in [0.4, 0.5) is 4.39 Å². The monoisotopic (exact) mass is 277 g/mol. The van der Waals surface area contributed by atoms with E-state index in [-0.39, 0.29) is 5.82 Å². The van der Waals surface area contributed by atoms with Crippen LogP contribution in [0.1, 0.15) is 37.3 Å². The summed E-state index contributed by atoms with van der Waals surface area (Å²) < 4.78 is 13.3. The van der Waals surface area contributed by atoms with Crippen molar-refractivity contribution in [1.29, 1.82) is 0 Å². The molecule has 0 aromatic heterocycles. The van der Waals surface area contributed by atoms with E-state index in [9.17, 15) is 9.18 Å². The second kappa shape index (κ2) is 6.66. The molecule has 108 valence electrons. The summed E-state index contributed by atoms with van der Waals surface area (Å²) in [5.41, 5.74) is 1.62. The number of hydrogen-bond donors (Lipinski definition) is 1. The van der Waals surface area contributed by atoms with Crippen molar-refractivity contribution in [3.8, 4) is 0 Å². The van der Waals surface area contributed by atoms with Crippen LogP contribution in [-0.2, 0) is 11.3 Å². The summed E-state index contributed by atoms with van der Waals surface area (Å²) in [5, 5.41) is 8.71. The maximum absolute atomic E-state index is 13.3. The fourth-order valence-corrected chi connectivity index (χ4v) is 2.81. The second-order valence-electron chi connectivity index (χ2n) is 5.19. The molecular weight excluding hydrogens is 257 g/mol. The SMILES string of the molecule is CCC1CCCN1Cc1ccc(F)cc1C=CC(=O)O. The minimum absolute atomic E-state index is 0.341. The second-order valence-corrected chi connectivity index (χ2v) is 5.19. The zero-order valence-corrected chi connectivity index (χ0v) is 11.7. The summed E-state index contributed by atoms with van der Waals surface area (Å²) in [6.45, 7) is 3.98. The zero-order chi connectivity index (χ0) is 14.5. The van der Waals surface area contributed by atoms with Gasteiger partial charge in [-0.25, -0.2) is 9.18 Å². The molecule has 1 fully saturated rings. The van der Waals surface area contributed by atoms with Crippen LogP contribution in [0, 0.1) is 5.82 Å². The summed E-state index contributed by atoms with van der Waals surface area (Å²) in [4.78, 5) is 13.0. The quantitative estimate of drug-likeness (QED) is 0.839. The Bertz CT molecular complexity index is 513. The van der Waals surface area contributed by atoms with Crippen LogP contribution in [0.3, 0.4) is 0 Å². The number of rotatable bonds is 5. The summed E-state index contributed by atoms with van der Waals surface area (Å²) in [6.07, 6.45) is 6.04. The number of aliphatic carboxylic acids is 1. The molecule has 3 nitrogen and oxygen atoms in total. The number of carboxylic acid groups (broad SMARTS) is 1. The summed E-state index contributed by atoms with van der Waals surface area (Å²) in [6, 6.07) is 5.16. The lowest BCUT2D eigenvalue weighted by Gasteiger charge is -2.24. The van der Waals surface area contributed by atoms with Gasteiger partial charge >= 0.3 is 5.97 Å². The molecule has 2 rings (SSSR count). The van der Waals surface area contributed by atoms with Gasteiger partial charge in [0, 0.05) is 18.7 Å². The average Bonchev–Trinajstić information content (AvgIpc) is 2.86. The molecule has 1 unspecified atom stereocenters. The molecule has 1 aliphatic rings. The van der Waals surface area contributed by atoms with Crippen molar-refractivity contribution in [2.75, 3.05) is 6.54 Å². The van der Waals surface area contributed by atoms with E-state index < -0.39 is 5.97 Å². The molecule has 1 saturated heterocycles. The number of nitrogens with zero attached hydrogens (tertiary/aromatic N) is 1. The van der Waals surface area contributed by atoms with E-state index in [0.29, 0.717) is 11.6 Å². The first-order valence-corrected chi connectivity index (χ1v) is 7.03. The third kappa shape index (κ3) is 3.67. The van der Waals surface area contributed by atoms with Crippen LogP contribution in [-0.4, -0.2) is 28.6 Å². The minimum atomic E-state index is -1.02. The Labute approximate surface area is 118 Å². The van der Waals surface area contributed by atoms with E-state index in [1.165, 1.54) is 31.1 Å². The van der Waals surface area contributed by atoms with Gasteiger partial charge in [0.1, 0.15) is 5.82 Å². The average molecular weight is 277 g/mol. The van der Waals surface area contributed by atoms with Gasteiger partial charge in [0.05, 0.1) is 0 Å². The van der Waals surface area contributed by atoms with E-state index in [4.69, 9.17) is 5.11 Å². The molecule has 1 aromatic rings. The Balaban J connectivity index is 2.20. The third-order valence-electron chi connectivity index (χ3n) is 3.86. The molecule has 1 aliphatic heterocycles. The van der Waals surface area contributed by atoms with Crippen LogP contribution in [0.5, 0.6) is 0 Å². The molecule has 0 aliphatic carbocycles. The molecule has 1 aromatic carbocycles. The number of carbonyl (C=O) groups is 1. The lowest BCUT2D eigenvalue weighted by atomic mass is 10.1. The molecule has 1 atom stereocenters. The van der Waals surface area contributed by atoms with Crippen molar-refractivity contribution in [1.82, 2.24) is 4.90 Å². The Kier molecular flexibility index (Phi) is 4.90. The number of hydrogen-bond acceptors (Lipinski definition) is 2. The first-order valence-electron chi connectivity index (χ1n) is 7.03. The van der Waals surface area contributed by atoms with Crippen LogP contribution in [0.25, 0.3) is 6.08 Å². The highest BCUT2D eigenvalue weighted by Crippen LogP contribution is 2.24. The van der Waals surface area contributed by atoms with Gasteiger partial charge in [0.25, 0.3) is 0 Å². The van der Waals surface area contributed by atoms with E-state index in [0.717, 1.165) is 31.1 Å². The van der Waals surface area contributed by atoms with Crippen molar-refractivity contribution >= 4 is 12.0 Å². The summed E-state index contributed by atoms with van der Waals surface area (Å²) in [7, 11) is 0. The number of halogens is 1. The van der Waals surface area contributed by atoms with E-state index in [1.54, 1.807) is 6.07 Å². The predicted octanol–water partition coefficient (Wildman–Crippen LogP) is 3.30. The van der Waals surface area contributed by atoms with Gasteiger partial charge in [-0.3, -0.25) is 4.90 Å². The van der Waals surface area contributed by atoms with Gasteiger partial charge in [-0.2, -0.15) is 0 Å². The van der Waals surface area contributed by atoms with Crippen molar-refractivity contribution < 1.29 is 14.3 Å². The number of benzene rings is 1. The lowest BCUT2D eigenvalue weighted by Crippen LogP contribution is -2.28. The predicted molar refractivity (Wildman–Crippen MR) is 76.8 cm³/mol. The molecular formula is C16H20FNO2. The Hall–Kier alpha value is -1.68. The van der Waals surface area contributed by atoms with Gasteiger partial charge in [-0.05, 0) is 55.1 Å². The first kappa shape index (κ1) is 14.7. The smallest absolute Gasteiger partial charge is 0.328 e. The van der Waals surface area contributed by atoms with Gasteiger partial charge in [0.15, 0.2) is 0 Å². The Morgan fingerprint density at radius 3 is 3.05 bits per heavy atom. The molecule has 4 heteroatoms. The fraction of sp³-hybridized carbons (Fsp3) is 0.438. The summed E-state index contributed by atoms with van der Waals surface area (Å²) >= 11 is 0. The van der Waals surface area contributed by atoms with Crippen LogP contribution in [0.15, 0.2) is 24.3 Å². The van der Waals surface area contributed by atoms with Crippen molar-refractivity contribution in [3.05, 3.63) is 41.2 Å². The molecule has 0 bridgehead atoms.